The largest absolute Gasteiger partial charge is 0.395 e. The summed E-state index contributed by atoms with van der Waals surface area (Å²) in [6.45, 7) is 8.55. The van der Waals surface area contributed by atoms with Gasteiger partial charge in [0, 0.05) is 30.4 Å². The zero-order valence-electron chi connectivity index (χ0n) is 10.9. The minimum absolute atomic E-state index is 0.134. The fourth-order valence-corrected chi connectivity index (χ4v) is 1.81. The van der Waals surface area contributed by atoms with E-state index in [2.05, 4.69) is 38.1 Å². The molecule has 16 heavy (non-hydrogen) atoms. The van der Waals surface area contributed by atoms with Crippen LogP contribution in [0.15, 0.2) is 6.20 Å². The normalized spacial score (nSPS) is 15.4. The van der Waals surface area contributed by atoms with Crippen molar-refractivity contribution in [2.75, 3.05) is 6.61 Å². The van der Waals surface area contributed by atoms with Gasteiger partial charge in [0.2, 0.25) is 0 Å². The first-order chi connectivity index (χ1) is 7.47. The minimum Gasteiger partial charge on any atom is -0.395 e. The third-order valence-electron chi connectivity index (χ3n) is 3.21. The number of nitrogens with zero attached hydrogens (tertiary/aromatic N) is 2. The fraction of sp³-hybridized carbons (Fsp3) is 0.750. The van der Waals surface area contributed by atoms with Crippen molar-refractivity contribution in [2.24, 2.45) is 13.0 Å². The summed E-state index contributed by atoms with van der Waals surface area (Å²) in [5.74, 6) is 0.421. The van der Waals surface area contributed by atoms with E-state index < -0.39 is 0 Å². The van der Waals surface area contributed by atoms with E-state index in [0.717, 1.165) is 0 Å². The van der Waals surface area contributed by atoms with Crippen LogP contribution >= 0.6 is 0 Å². The summed E-state index contributed by atoms with van der Waals surface area (Å²) in [5, 5.41) is 16.9. The highest BCUT2D eigenvalue weighted by molar-refractivity contribution is 5.19. The van der Waals surface area contributed by atoms with Gasteiger partial charge in [-0.1, -0.05) is 13.8 Å². The van der Waals surface area contributed by atoms with Crippen molar-refractivity contribution in [3.05, 3.63) is 17.5 Å². The van der Waals surface area contributed by atoms with Gasteiger partial charge in [0.1, 0.15) is 0 Å². The summed E-state index contributed by atoms with van der Waals surface area (Å²) >= 11 is 0. The van der Waals surface area contributed by atoms with E-state index in [-0.39, 0.29) is 18.7 Å². The Balaban J connectivity index is 2.71. The summed E-state index contributed by atoms with van der Waals surface area (Å²) in [6.07, 6.45) is 1.89. The lowest BCUT2D eigenvalue weighted by molar-refractivity contribution is 0.201. The van der Waals surface area contributed by atoms with Gasteiger partial charge in [-0.2, -0.15) is 5.10 Å². The van der Waals surface area contributed by atoms with Crippen molar-refractivity contribution in [3.63, 3.8) is 0 Å². The van der Waals surface area contributed by atoms with Gasteiger partial charge in [0.25, 0.3) is 0 Å². The van der Waals surface area contributed by atoms with E-state index in [9.17, 15) is 5.11 Å². The maximum atomic E-state index is 9.28. The molecule has 4 heteroatoms. The molecule has 0 spiro atoms. The first-order valence-corrected chi connectivity index (χ1v) is 5.82. The summed E-state index contributed by atoms with van der Waals surface area (Å²) < 4.78 is 1.87. The van der Waals surface area contributed by atoms with Gasteiger partial charge in [-0.25, -0.2) is 0 Å². The van der Waals surface area contributed by atoms with E-state index in [1.807, 2.05) is 17.9 Å². The number of hydrogen-bond donors (Lipinski definition) is 2. The van der Waals surface area contributed by atoms with Gasteiger partial charge < -0.3 is 10.4 Å². The molecule has 92 valence electrons. The van der Waals surface area contributed by atoms with Crippen molar-refractivity contribution >= 4 is 0 Å². The molecule has 1 aromatic heterocycles. The quantitative estimate of drug-likeness (QED) is 0.796. The molecular formula is C12H23N3O. The monoisotopic (exact) mass is 225 g/mol. The maximum Gasteiger partial charge on any atom is 0.0587 e. The number of aliphatic hydroxyl groups excluding tert-OH is 1. The molecule has 2 N–H and O–H groups in total. The van der Waals surface area contributed by atoms with Crippen molar-refractivity contribution in [2.45, 2.75) is 39.8 Å². The number of rotatable bonds is 5. The van der Waals surface area contributed by atoms with Gasteiger partial charge >= 0.3 is 0 Å². The zero-order chi connectivity index (χ0) is 12.3. The molecular weight excluding hydrogens is 202 g/mol. The standard InChI is InChI=1S/C12H23N3O/c1-8(2)12(7-16)14-9(3)11-6-13-15(5)10(11)4/h6,8-9,12,14,16H,7H2,1-5H3/t9?,12-/m1/s1. The number of aryl methyl sites for hydroxylation is 1. The van der Waals surface area contributed by atoms with Crippen molar-refractivity contribution in [1.82, 2.24) is 15.1 Å². The van der Waals surface area contributed by atoms with E-state index in [0.29, 0.717) is 5.92 Å². The van der Waals surface area contributed by atoms with Crippen LogP contribution in [-0.4, -0.2) is 27.5 Å². The topological polar surface area (TPSA) is 50.1 Å². The van der Waals surface area contributed by atoms with Gasteiger partial charge in [-0.15, -0.1) is 0 Å². The molecule has 0 aromatic carbocycles. The molecule has 0 saturated carbocycles. The SMILES string of the molecule is Cc1c(C(C)N[C@H](CO)C(C)C)cnn1C. The van der Waals surface area contributed by atoms with Crippen molar-refractivity contribution in [1.29, 1.82) is 0 Å². The van der Waals surface area contributed by atoms with Crippen LogP contribution in [0.1, 0.15) is 38.1 Å². The summed E-state index contributed by atoms with van der Waals surface area (Å²) in [4.78, 5) is 0. The molecule has 1 heterocycles. The molecule has 0 fully saturated rings. The molecule has 0 aliphatic carbocycles. The summed E-state index contributed by atoms with van der Waals surface area (Å²) in [5.41, 5.74) is 2.36. The Kier molecular flexibility index (Phi) is 4.50. The summed E-state index contributed by atoms with van der Waals surface area (Å²) in [6, 6.07) is 0.350. The molecule has 0 radical (unpaired) electrons. The Morgan fingerprint density at radius 1 is 1.44 bits per heavy atom. The third-order valence-corrected chi connectivity index (χ3v) is 3.21. The average Bonchev–Trinajstić information content (AvgIpc) is 2.55. The Morgan fingerprint density at radius 2 is 2.06 bits per heavy atom. The van der Waals surface area contributed by atoms with Crippen LogP contribution in [0.2, 0.25) is 0 Å². The van der Waals surface area contributed by atoms with Crippen LogP contribution in [0, 0.1) is 12.8 Å². The predicted octanol–water partition coefficient (Wildman–Crippen LogP) is 1.40. The molecule has 4 nitrogen and oxygen atoms in total. The Bertz CT molecular complexity index is 333. The molecule has 1 rings (SSSR count). The Hall–Kier alpha value is -0.870. The van der Waals surface area contributed by atoms with Gasteiger partial charge in [0.15, 0.2) is 0 Å². The number of hydrogen-bond acceptors (Lipinski definition) is 3. The molecule has 0 aliphatic heterocycles. The lowest BCUT2D eigenvalue weighted by Crippen LogP contribution is -2.38. The number of nitrogens with one attached hydrogen (secondary N) is 1. The molecule has 0 amide bonds. The van der Waals surface area contributed by atoms with Crippen molar-refractivity contribution in [3.8, 4) is 0 Å². The Morgan fingerprint density at radius 3 is 2.44 bits per heavy atom. The second kappa shape index (κ2) is 5.46. The van der Waals surface area contributed by atoms with E-state index in [4.69, 9.17) is 0 Å². The number of aromatic nitrogens is 2. The van der Waals surface area contributed by atoms with Gasteiger partial charge in [-0.05, 0) is 19.8 Å². The highest BCUT2D eigenvalue weighted by Gasteiger charge is 2.18. The minimum atomic E-state index is 0.134. The van der Waals surface area contributed by atoms with E-state index >= 15 is 0 Å². The molecule has 2 atom stereocenters. The van der Waals surface area contributed by atoms with Crippen LogP contribution < -0.4 is 5.32 Å². The van der Waals surface area contributed by atoms with Crippen LogP contribution in [0.5, 0.6) is 0 Å². The lowest BCUT2D eigenvalue weighted by atomic mass is 10.0. The molecule has 0 saturated heterocycles. The van der Waals surface area contributed by atoms with Crippen LogP contribution in [0.3, 0.4) is 0 Å². The summed E-state index contributed by atoms with van der Waals surface area (Å²) in [7, 11) is 1.94. The van der Waals surface area contributed by atoms with Gasteiger partial charge in [0.05, 0.1) is 12.8 Å². The fourth-order valence-electron chi connectivity index (χ4n) is 1.81. The molecule has 0 bridgehead atoms. The zero-order valence-corrected chi connectivity index (χ0v) is 10.9. The predicted molar refractivity (Wildman–Crippen MR) is 65.2 cm³/mol. The van der Waals surface area contributed by atoms with Crippen LogP contribution in [0.4, 0.5) is 0 Å². The third kappa shape index (κ3) is 2.83. The Labute approximate surface area is 97.7 Å². The lowest BCUT2D eigenvalue weighted by Gasteiger charge is -2.24. The van der Waals surface area contributed by atoms with Crippen molar-refractivity contribution < 1.29 is 5.11 Å². The first-order valence-electron chi connectivity index (χ1n) is 5.82. The highest BCUT2D eigenvalue weighted by Crippen LogP contribution is 2.17. The average molecular weight is 225 g/mol. The first kappa shape index (κ1) is 13.2. The second-order valence-corrected chi connectivity index (χ2v) is 4.73. The van der Waals surface area contributed by atoms with Crippen LogP contribution in [0.25, 0.3) is 0 Å². The maximum absolute atomic E-state index is 9.28. The molecule has 0 aliphatic rings. The smallest absolute Gasteiger partial charge is 0.0587 e. The molecule has 1 aromatic rings. The van der Waals surface area contributed by atoms with E-state index in [1.165, 1.54) is 11.3 Å². The molecule has 1 unspecified atom stereocenters. The van der Waals surface area contributed by atoms with Crippen LogP contribution in [-0.2, 0) is 7.05 Å². The highest BCUT2D eigenvalue weighted by atomic mass is 16.3. The number of aliphatic hydroxyl groups is 1. The van der Waals surface area contributed by atoms with E-state index in [1.54, 1.807) is 0 Å². The second-order valence-electron chi connectivity index (χ2n) is 4.73. The van der Waals surface area contributed by atoms with Gasteiger partial charge in [-0.3, -0.25) is 4.68 Å².